The van der Waals surface area contributed by atoms with Gasteiger partial charge in [-0.3, -0.25) is 0 Å². The Labute approximate surface area is 121 Å². The van der Waals surface area contributed by atoms with Crippen molar-refractivity contribution >= 4 is 27.3 Å². The number of aromatic nitrogens is 4. The van der Waals surface area contributed by atoms with Gasteiger partial charge in [-0.2, -0.15) is 4.98 Å². The smallest absolute Gasteiger partial charge is 0.278 e. The van der Waals surface area contributed by atoms with E-state index in [0.717, 1.165) is 9.35 Å². The van der Waals surface area contributed by atoms with Gasteiger partial charge >= 0.3 is 0 Å². The highest BCUT2D eigenvalue weighted by Gasteiger charge is 2.14. The first-order valence-electron chi connectivity index (χ1n) is 5.56. The lowest BCUT2D eigenvalue weighted by Crippen LogP contribution is -2.07. The van der Waals surface area contributed by atoms with Crippen LogP contribution < -0.4 is 5.73 Å². The molecular weight excluding hydrogens is 330 g/mol. The van der Waals surface area contributed by atoms with Gasteiger partial charge < -0.3 is 14.8 Å². The average Bonchev–Trinajstić information content (AvgIpc) is 3.07. The molecule has 0 spiro atoms. The lowest BCUT2D eigenvalue weighted by Gasteiger charge is -1.94. The summed E-state index contributed by atoms with van der Waals surface area (Å²) >= 11 is 4.95. The van der Waals surface area contributed by atoms with Crippen LogP contribution >= 0.6 is 27.3 Å². The molecule has 0 aliphatic heterocycles. The molecule has 0 aliphatic carbocycles. The van der Waals surface area contributed by atoms with Crippen LogP contribution in [0.3, 0.4) is 0 Å². The predicted molar refractivity (Wildman–Crippen MR) is 75.6 cm³/mol. The fraction of sp³-hybridized carbons (Fsp3) is 0.182. The van der Waals surface area contributed by atoms with Gasteiger partial charge in [-0.1, -0.05) is 5.16 Å². The molecule has 3 heterocycles. The molecule has 3 aromatic heterocycles. The first-order valence-corrected chi connectivity index (χ1v) is 7.24. The van der Waals surface area contributed by atoms with Gasteiger partial charge in [-0.15, -0.1) is 11.3 Å². The first-order chi connectivity index (χ1) is 9.26. The number of hydrogen-bond acceptors (Lipinski definition) is 6. The van der Waals surface area contributed by atoms with Crippen LogP contribution in [0.4, 0.5) is 0 Å². The molecule has 0 saturated carbocycles. The molecule has 0 saturated heterocycles. The number of hydrogen-bond donors (Lipinski definition) is 1. The van der Waals surface area contributed by atoms with Crippen molar-refractivity contribution in [2.75, 3.05) is 6.54 Å². The maximum absolute atomic E-state index is 5.49. The summed E-state index contributed by atoms with van der Waals surface area (Å²) in [5.41, 5.74) is 6.14. The molecule has 0 bridgehead atoms. The second-order valence-electron chi connectivity index (χ2n) is 3.84. The number of rotatable bonds is 4. The Balaban J connectivity index is 1.87. The van der Waals surface area contributed by atoms with E-state index < -0.39 is 0 Å². The van der Waals surface area contributed by atoms with Crippen molar-refractivity contribution < 1.29 is 4.52 Å². The Bertz CT molecular complexity index is 689. The van der Waals surface area contributed by atoms with Crippen LogP contribution in [0.2, 0.25) is 0 Å². The van der Waals surface area contributed by atoms with Gasteiger partial charge in [-0.05, 0) is 22.0 Å². The summed E-state index contributed by atoms with van der Waals surface area (Å²) < 4.78 is 8.12. The van der Waals surface area contributed by atoms with E-state index in [0.29, 0.717) is 30.5 Å². The molecule has 2 N–H and O–H groups in total. The van der Waals surface area contributed by atoms with Crippen LogP contribution in [0.1, 0.15) is 0 Å². The molecule has 0 radical (unpaired) electrons. The molecule has 0 unspecified atom stereocenters. The third kappa shape index (κ3) is 2.60. The van der Waals surface area contributed by atoms with Crippen LogP contribution in [-0.4, -0.2) is 26.2 Å². The van der Waals surface area contributed by atoms with Crippen molar-refractivity contribution in [1.82, 2.24) is 19.7 Å². The zero-order chi connectivity index (χ0) is 13.2. The van der Waals surface area contributed by atoms with E-state index in [4.69, 9.17) is 10.3 Å². The van der Waals surface area contributed by atoms with Gasteiger partial charge in [0.1, 0.15) is 5.69 Å². The summed E-state index contributed by atoms with van der Waals surface area (Å²) in [5.74, 6) is 0.981. The highest BCUT2D eigenvalue weighted by Crippen LogP contribution is 2.29. The summed E-state index contributed by atoms with van der Waals surface area (Å²) in [6.45, 7) is 1.28. The molecule has 3 aromatic rings. The monoisotopic (exact) mass is 339 g/mol. The number of imidazole rings is 1. The lowest BCUT2D eigenvalue weighted by molar-refractivity contribution is 0.431. The molecule has 0 atom stereocenters. The van der Waals surface area contributed by atoms with Crippen molar-refractivity contribution in [3.8, 4) is 22.3 Å². The van der Waals surface area contributed by atoms with Gasteiger partial charge in [-0.25, -0.2) is 4.98 Å². The Kier molecular flexibility index (Phi) is 3.45. The van der Waals surface area contributed by atoms with Crippen LogP contribution in [0, 0.1) is 0 Å². The molecule has 3 rings (SSSR count). The van der Waals surface area contributed by atoms with E-state index >= 15 is 0 Å². The van der Waals surface area contributed by atoms with Crippen molar-refractivity contribution in [2.24, 2.45) is 5.73 Å². The quantitative estimate of drug-likeness (QED) is 0.788. The summed E-state index contributed by atoms with van der Waals surface area (Å²) in [7, 11) is 0. The van der Waals surface area contributed by atoms with Gasteiger partial charge in [0, 0.05) is 29.1 Å². The molecular formula is C11H10BrN5OS. The summed E-state index contributed by atoms with van der Waals surface area (Å²) in [4.78, 5) is 9.51. The largest absolute Gasteiger partial charge is 0.335 e. The highest BCUT2D eigenvalue weighted by molar-refractivity contribution is 9.10. The number of nitrogens with zero attached hydrogens (tertiary/aromatic N) is 4. The fourth-order valence-electron chi connectivity index (χ4n) is 1.60. The van der Waals surface area contributed by atoms with Crippen LogP contribution in [-0.2, 0) is 6.54 Å². The second kappa shape index (κ2) is 5.24. The van der Waals surface area contributed by atoms with Gasteiger partial charge in [0.15, 0.2) is 0 Å². The Morgan fingerprint density at radius 1 is 1.47 bits per heavy atom. The SMILES string of the molecule is NCCn1cnc(-c2nc(-c3cc(Br)cs3)no2)c1. The van der Waals surface area contributed by atoms with Crippen molar-refractivity contribution in [2.45, 2.75) is 6.54 Å². The average molecular weight is 340 g/mol. The molecule has 0 aliphatic rings. The first kappa shape index (κ1) is 12.5. The van der Waals surface area contributed by atoms with Crippen molar-refractivity contribution in [3.63, 3.8) is 0 Å². The van der Waals surface area contributed by atoms with E-state index in [1.54, 1.807) is 17.7 Å². The third-order valence-corrected chi connectivity index (χ3v) is 4.14. The zero-order valence-electron chi connectivity index (χ0n) is 9.78. The molecule has 19 heavy (non-hydrogen) atoms. The van der Waals surface area contributed by atoms with Gasteiger partial charge in [0.25, 0.3) is 5.89 Å². The van der Waals surface area contributed by atoms with Gasteiger partial charge in [0.05, 0.1) is 11.2 Å². The predicted octanol–water partition coefficient (Wildman–Crippen LogP) is 2.38. The fourth-order valence-corrected chi connectivity index (χ4v) is 2.95. The normalized spacial score (nSPS) is 11.1. The summed E-state index contributed by atoms with van der Waals surface area (Å²) in [5, 5.41) is 5.93. The van der Waals surface area contributed by atoms with Crippen LogP contribution in [0.5, 0.6) is 0 Å². The minimum atomic E-state index is 0.412. The highest BCUT2D eigenvalue weighted by atomic mass is 79.9. The Hall–Kier alpha value is -1.51. The molecule has 0 aromatic carbocycles. The van der Waals surface area contributed by atoms with E-state index in [1.807, 2.05) is 22.2 Å². The maximum atomic E-state index is 5.49. The number of thiophene rings is 1. The Morgan fingerprint density at radius 2 is 2.37 bits per heavy atom. The van der Waals surface area contributed by atoms with E-state index in [9.17, 15) is 0 Å². The van der Waals surface area contributed by atoms with Crippen molar-refractivity contribution in [3.05, 3.63) is 28.4 Å². The minimum absolute atomic E-state index is 0.412. The molecule has 6 nitrogen and oxygen atoms in total. The van der Waals surface area contributed by atoms with Gasteiger partial charge in [0.2, 0.25) is 5.82 Å². The lowest BCUT2D eigenvalue weighted by atomic mass is 10.4. The standard InChI is InChI=1S/C11H10BrN5OS/c12-7-3-9(19-5-7)10-15-11(18-16-10)8-4-17(2-1-13)6-14-8/h3-6H,1-2,13H2. The number of nitrogens with two attached hydrogens (primary N) is 1. The van der Waals surface area contributed by atoms with E-state index in [2.05, 4.69) is 31.1 Å². The maximum Gasteiger partial charge on any atom is 0.278 e. The molecule has 0 amide bonds. The van der Waals surface area contributed by atoms with E-state index in [1.165, 1.54) is 0 Å². The molecule has 0 fully saturated rings. The topological polar surface area (TPSA) is 82.8 Å². The Morgan fingerprint density at radius 3 is 3.11 bits per heavy atom. The number of halogens is 1. The van der Waals surface area contributed by atoms with Crippen LogP contribution in [0.15, 0.2) is 33.0 Å². The van der Waals surface area contributed by atoms with Crippen molar-refractivity contribution in [1.29, 1.82) is 0 Å². The minimum Gasteiger partial charge on any atom is -0.335 e. The van der Waals surface area contributed by atoms with Crippen LogP contribution in [0.25, 0.3) is 22.3 Å². The molecule has 98 valence electrons. The molecule has 8 heteroatoms. The summed E-state index contributed by atoms with van der Waals surface area (Å²) in [6, 6.07) is 1.95. The third-order valence-electron chi connectivity index (χ3n) is 2.45. The summed E-state index contributed by atoms with van der Waals surface area (Å²) in [6.07, 6.45) is 3.54. The van der Waals surface area contributed by atoms with E-state index in [-0.39, 0.29) is 0 Å². The second-order valence-corrected chi connectivity index (χ2v) is 5.66. The zero-order valence-corrected chi connectivity index (χ0v) is 12.2.